The number of aromatic nitrogens is 4. The van der Waals surface area contributed by atoms with Gasteiger partial charge in [-0.1, -0.05) is 115 Å². The molecule has 5 nitrogen and oxygen atoms in total. The van der Waals surface area contributed by atoms with Crippen molar-refractivity contribution in [3.8, 4) is 39.9 Å². The van der Waals surface area contributed by atoms with Gasteiger partial charge in [0.15, 0.2) is 11.6 Å². The monoisotopic (exact) mass is 698 g/mol. The Hall–Kier alpha value is -6.07. The molecule has 4 fully saturated rings. The first-order valence-corrected chi connectivity index (χ1v) is 19.5. The summed E-state index contributed by atoms with van der Waals surface area (Å²) in [5.74, 6) is 4.54. The van der Waals surface area contributed by atoms with Crippen LogP contribution in [0.15, 0.2) is 144 Å². The Balaban J connectivity index is 1.08. The zero-order valence-corrected chi connectivity index (χ0v) is 30.0. The van der Waals surface area contributed by atoms with Crippen molar-refractivity contribution in [1.29, 1.82) is 0 Å². The van der Waals surface area contributed by atoms with Crippen molar-refractivity contribution in [2.75, 3.05) is 0 Å². The first-order chi connectivity index (χ1) is 26.7. The van der Waals surface area contributed by atoms with Crippen LogP contribution < -0.4 is 0 Å². The van der Waals surface area contributed by atoms with E-state index in [0.717, 1.165) is 67.2 Å². The van der Waals surface area contributed by atoms with Crippen molar-refractivity contribution in [2.24, 2.45) is 17.8 Å². The lowest BCUT2D eigenvalue weighted by molar-refractivity contribution is -0.00518. The second-order valence-corrected chi connectivity index (χ2v) is 16.3. The second kappa shape index (κ2) is 11.5. The van der Waals surface area contributed by atoms with Gasteiger partial charge in [-0.15, -0.1) is 0 Å². The predicted molar refractivity (Wildman–Crippen MR) is 218 cm³/mol. The molecule has 4 aliphatic carbocycles. The molecule has 0 atom stereocenters. The molecule has 0 aliphatic heterocycles. The summed E-state index contributed by atoms with van der Waals surface area (Å²) in [5, 5.41) is 4.48. The van der Waals surface area contributed by atoms with Crippen LogP contribution in [0.4, 0.5) is 0 Å². The molecule has 0 radical (unpaired) electrons. The number of fused-ring (bicyclic) bond motifs is 6. The first kappa shape index (κ1) is 30.4. The van der Waals surface area contributed by atoms with Crippen LogP contribution in [-0.4, -0.2) is 19.5 Å². The molecule has 4 bridgehead atoms. The van der Waals surface area contributed by atoms with Gasteiger partial charge in [-0.05, 0) is 103 Å². The van der Waals surface area contributed by atoms with E-state index in [1.807, 2.05) is 12.1 Å². The Morgan fingerprint density at radius 1 is 0.500 bits per heavy atom. The topological polar surface area (TPSA) is 56.7 Å². The Labute approximate surface area is 313 Å². The van der Waals surface area contributed by atoms with Gasteiger partial charge >= 0.3 is 0 Å². The van der Waals surface area contributed by atoms with Gasteiger partial charge in [0.1, 0.15) is 11.2 Å². The van der Waals surface area contributed by atoms with Crippen molar-refractivity contribution < 1.29 is 4.42 Å². The average molecular weight is 699 g/mol. The highest BCUT2D eigenvalue weighted by atomic mass is 16.3. The van der Waals surface area contributed by atoms with E-state index in [-0.39, 0.29) is 0 Å². The predicted octanol–water partition coefficient (Wildman–Crippen LogP) is 12.3. The fourth-order valence-corrected chi connectivity index (χ4v) is 11.2. The minimum absolute atomic E-state index is 0.332. The van der Waals surface area contributed by atoms with E-state index in [1.54, 1.807) is 0 Å². The summed E-state index contributed by atoms with van der Waals surface area (Å²) >= 11 is 0. The number of hydrogen-bond acceptors (Lipinski definition) is 4. The average Bonchev–Trinajstić information content (AvgIpc) is 3.77. The van der Waals surface area contributed by atoms with Crippen LogP contribution in [-0.2, 0) is 5.41 Å². The zero-order chi connectivity index (χ0) is 35.4. The molecule has 13 rings (SSSR count). The largest absolute Gasteiger partial charge is 0.455 e. The maximum atomic E-state index is 6.54. The van der Waals surface area contributed by atoms with Gasteiger partial charge in [0.2, 0.25) is 5.95 Å². The minimum Gasteiger partial charge on any atom is -0.455 e. The van der Waals surface area contributed by atoms with E-state index in [4.69, 9.17) is 19.4 Å². The normalized spacial score (nSPS) is 21.9. The van der Waals surface area contributed by atoms with Crippen LogP contribution in [0.3, 0.4) is 0 Å². The lowest BCUT2D eigenvalue weighted by Gasteiger charge is -2.57. The Morgan fingerprint density at radius 2 is 1.13 bits per heavy atom. The van der Waals surface area contributed by atoms with Crippen molar-refractivity contribution in [1.82, 2.24) is 19.5 Å². The highest BCUT2D eigenvalue weighted by Crippen LogP contribution is 2.60. The van der Waals surface area contributed by atoms with E-state index in [9.17, 15) is 0 Å². The molecule has 9 aromatic rings. The fraction of sp³-hybridized carbons (Fsp3) is 0.204. The number of hydrogen-bond donors (Lipinski definition) is 0. The van der Waals surface area contributed by atoms with E-state index < -0.39 is 0 Å². The number of furan rings is 1. The van der Waals surface area contributed by atoms with Crippen LogP contribution in [0.2, 0.25) is 0 Å². The van der Waals surface area contributed by atoms with E-state index in [0.29, 0.717) is 23.0 Å². The molecule has 4 saturated carbocycles. The van der Waals surface area contributed by atoms with Crippen LogP contribution in [0.1, 0.15) is 44.1 Å². The SMILES string of the molecule is c1ccc(-c2cccc3c2c2ccccc2n3-c2nc(-c3ccc(C45CC6CC(CC(C6)C4)C5)cc3)nc(-c3cccc4c3oc3ccccc34)n2)cc1. The molecule has 0 saturated heterocycles. The van der Waals surface area contributed by atoms with Crippen LogP contribution in [0, 0.1) is 17.8 Å². The number of rotatable bonds is 5. The van der Waals surface area contributed by atoms with E-state index in [2.05, 4.69) is 132 Å². The van der Waals surface area contributed by atoms with Gasteiger partial charge < -0.3 is 4.42 Å². The molecule has 0 spiro atoms. The van der Waals surface area contributed by atoms with Gasteiger partial charge in [-0.25, -0.2) is 4.98 Å². The van der Waals surface area contributed by atoms with Crippen LogP contribution >= 0.6 is 0 Å². The Morgan fingerprint density at radius 3 is 1.93 bits per heavy atom. The quantitative estimate of drug-likeness (QED) is 0.180. The number of nitrogens with zero attached hydrogens (tertiary/aromatic N) is 4. The molecule has 3 heterocycles. The lowest BCUT2D eigenvalue weighted by Crippen LogP contribution is -2.48. The smallest absolute Gasteiger partial charge is 0.238 e. The molecule has 0 amide bonds. The van der Waals surface area contributed by atoms with Crippen molar-refractivity contribution in [2.45, 2.75) is 43.9 Å². The third-order valence-electron chi connectivity index (χ3n) is 13.0. The van der Waals surface area contributed by atoms with Crippen LogP contribution in [0.25, 0.3) is 83.6 Å². The first-order valence-electron chi connectivity index (χ1n) is 19.5. The molecule has 4 aliphatic rings. The number of benzene rings is 6. The summed E-state index contributed by atoms with van der Waals surface area (Å²) < 4.78 is 8.76. The standard InChI is InChI=1S/C49H38N4O/c1-2-10-33(11-3-1)36-14-9-18-42-44(36)39-13-4-6-17-41(39)53(42)48-51-46(34-20-22-35(23-21-34)49-27-30-24-31(28-49)26-32(25-30)29-49)50-47(52-48)40-16-8-15-38-37-12-5-7-19-43(37)54-45(38)40/h1-23,30-32H,24-29H2. The summed E-state index contributed by atoms with van der Waals surface area (Å²) in [5.41, 5.74) is 9.79. The molecular weight excluding hydrogens is 661 g/mol. The second-order valence-electron chi connectivity index (χ2n) is 16.3. The van der Waals surface area contributed by atoms with Gasteiger partial charge in [0.25, 0.3) is 0 Å². The lowest BCUT2D eigenvalue weighted by atomic mass is 9.48. The highest BCUT2D eigenvalue weighted by Gasteiger charge is 2.51. The molecule has 54 heavy (non-hydrogen) atoms. The van der Waals surface area contributed by atoms with E-state index >= 15 is 0 Å². The van der Waals surface area contributed by atoms with Crippen molar-refractivity contribution in [3.05, 3.63) is 145 Å². The Kier molecular flexibility index (Phi) is 6.45. The van der Waals surface area contributed by atoms with Crippen molar-refractivity contribution >= 4 is 43.7 Å². The summed E-state index contributed by atoms with van der Waals surface area (Å²) in [4.78, 5) is 15.9. The van der Waals surface area contributed by atoms with Gasteiger partial charge in [0.05, 0.1) is 16.6 Å². The summed E-state index contributed by atoms with van der Waals surface area (Å²) in [7, 11) is 0. The summed E-state index contributed by atoms with van der Waals surface area (Å²) in [6.07, 6.45) is 8.37. The van der Waals surface area contributed by atoms with Gasteiger partial charge in [0, 0.05) is 27.1 Å². The third kappa shape index (κ3) is 4.54. The minimum atomic E-state index is 0.332. The molecule has 6 aromatic carbocycles. The number of para-hydroxylation sites is 3. The van der Waals surface area contributed by atoms with Crippen molar-refractivity contribution in [3.63, 3.8) is 0 Å². The van der Waals surface area contributed by atoms with Gasteiger partial charge in [-0.3, -0.25) is 4.57 Å². The fourth-order valence-electron chi connectivity index (χ4n) is 11.2. The van der Waals surface area contributed by atoms with Gasteiger partial charge in [-0.2, -0.15) is 9.97 Å². The maximum Gasteiger partial charge on any atom is 0.238 e. The molecule has 3 aromatic heterocycles. The maximum absolute atomic E-state index is 6.54. The third-order valence-corrected chi connectivity index (χ3v) is 13.0. The molecule has 260 valence electrons. The zero-order valence-electron chi connectivity index (χ0n) is 30.0. The molecule has 5 heteroatoms. The summed E-state index contributed by atoms with van der Waals surface area (Å²) in [6, 6.07) is 49.6. The summed E-state index contributed by atoms with van der Waals surface area (Å²) in [6.45, 7) is 0. The molecular formula is C49H38N4O. The highest BCUT2D eigenvalue weighted by molar-refractivity contribution is 6.15. The molecule has 0 unspecified atom stereocenters. The molecule has 0 N–H and O–H groups in total. The van der Waals surface area contributed by atoms with E-state index in [1.165, 1.54) is 60.6 Å². The van der Waals surface area contributed by atoms with Crippen LogP contribution in [0.5, 0.6) is 0 Å². The Bertz CT molecular complexity index is 2880.